The summed E-state index contributed by atoms with van der Waals surface area (Å²) in [5, 5.41) is 9.40. The van der Waals surface area contributed by atoms with Crippen molar-refractivity contribution in [1.82, 2.24) is 9.47 Å². The van der Waals surface area contributed by atoms with Crippen LogP contribution in [0.4, 0.5) is 4.79 Å². The summed E-state index contributed by atoms with van der Waals surface area (Å²) in [6.45, 7) is 0.129. The number of fused-ring (bicyclic) bond motifs is 1. The number of nitrogens with zero attached hydrogens (tertiary/aromatic N) is 2. The number of aldehydes is 1. The number of likely N-dealkylation sites (N-methyl/N-ethyl adjacent to an activating group) is 1. The maximum absolute atomic E-state index is 12.7. The van der Waals surface area contributed by atoms with Gasteiger partial charge in [0.25, 0.3) is 0 Å². The van der Waals surface area contributed by atoms with Crippen molar-refractivity contribution < 1.29 is 24.2 Å². The molecule has 1 saturated carbocycles. The summed E-state index contributed by atoms with van der Waals surface area (Å²) in [6.07, 6.45) is 5.05. The lowest BCUT2D eigenvalue weighted by Gasteiger charge is -2.24. The van der Waals surface area contributed by atoms with Crippen LogP contribution in [0.5, 0.6) is 5.06 Å². The molecule has 1 fully saturated rings. The van der Waals surface area contributed by atoms with Crippen molar-refractivity contribution in [3.8, 4) is 16.3 Å². The van der Waals surface area contributed by atoms with Gasteiger partial charge in [-0.2, -0.15) is 0 Å². The molecule has 1 N–H and O–H groups in total. The topological polar surface area (TPSA) is 88.8 Å². The third-order valence-corrected chi connectivity index (χ3v) is 7.10. The highest BCUT2D eigenvalue weighted by Crippen LogP contribution is 2.48. The quantitative estimate of drug-likeness (QED) is 0.399. The van der Waals surface area contributed by atoms with Gasteiger partial charge in [0.15, 0.2) is 5.06 Å². The average molecular weight is 455 g/mol. The zero-order valence-corrected chi connectivity index (χ0v) is 19.0. The van der Waals surface area contributed by atoms with E-state index in [9.17, 15) is 14.4 Å². The fraction of sp³-hybridized carbons (Fsp3) is 0.375. The summed E-state index contributed by atoms with van der Waals surface area (Å²) in [6, 6.07) is 9.11. The molecule has 2 heterocycles. The van der Waals surface area contributed by atoms with Crippen molar-refractivity contribution in [1.29, 1.82) is 0 Å². The Kier molecular flexibility index (Phi) is 6.32. The van der Waals surface area contributed by atoms with Gasteiger partial charge in [-0.3, -0.25) is 9.59 Å². The molecule has 0 spiro atoms. The van der Waals surface area contributed by atoms with E-state index in [4.69, 9.17) is 9.84 Å². The van der Waals surface area contributed by atoms with Crippen LogP contribution in [0.3, 0.4) is 0 Å². The van der Waals surface area contributed by atoms with Gasteiger partial charge in [-0.15, -0.1) is 0 Å². The van der Waals surface area contributed by atoms with Crippen molar-refractivity contribution >= 4 is 39.9 Å². The van der Waals surface area contributed by atoms with Crippen molar-refractivity contribution in [2.24, 2.45) is 0 Å². The number of hydrogen-bond donors (Lipinski definition) is 1. The Morgan fingerprint density at radius 2 is 1.88 bits per heavy atom. The largest absolute Gasteiger partial charge is 0.512 e. The SMILES string of the molecule is CN(C)C(=O)Cn1c(-c2ccc(C=O)cc2)c(C2CCCCC2)c2sc(OC(=O)O)cc21. The molecule has 3 aromatic rings. The Morgan fingerprint density at radius 3 is 2.47 bits per heavy atom. The molecule has 0 atom stereocenters. The van der Waals surface area contributed by atoms with Crippen LogP contribution in [0.15, 0.2) is 30.3 Å². The molecule has 0 aliphatic heterocycles. The molecule has 1 aromatic carbocycles. The lowest BCUT2D eigenvalue weighted by atomic mass is 9.83. The van der Waals surface area contributed by atoms with E-state index in [2.05, 4.69) is 0 Å². The minimum absolute atomic E-state index is 0.0604. The van der Waals surface area contributed by atoms with Crippen LogP contribution < -0.4 is 4.74 Å². The first kappa shape index (κ1) is 22.1. The number of amides is 1. The van der Waals surface area contributed by atoms with Gasteiger partial charge >= 0.3 is 6.16 Å². The molecule has 2 aromatic heterocycles. The lowest BCUT2D eigenvalue weighted by molar-refractivity contribution is -0.129. The molecule has 32 heavy (non-hydrogen) atoms. The number of ether oxygens (including phenoxy) is 1. The molecule has 1 aliphatic carbocycles. The second-order valence-electron chi connectivity index (χ2n) is 8.36. The van der Waals surface area contributed by atoms with Crippen LogP contribution in [0, 0.1) is 0 Å². The van der Waals surface area contributed by atoms with Gasteiger partial charge in [0.1, 0.15) is 12.8 Å². The first-order valence-electron chi connectivity index (χ1n) is 10.7. The minimum atomic E-state index is -1.35. The molecule has 0 bridgehead atoms. The van der Waals surface area contributed by atoms with E-state index in [1.165, 1.54) is 17.8 Å². The molecule has 8 heteroatoms. The number of carboxylic acid groups (broad SMARTS) is 1. The van der Waals surface area contributed by atoms with E-state index in [0.717, 1.165) is 59.0 Å². The van der Waals surface area contributed by atoms with E-state index in [-0.39, 0.29) is 12.5 Å². The molecule has 7 nitrogen and oxygen atoms in total. The van der Waals surface area contributed by atoms with Gasteiger partial charge in [0, 0.05) is 25.7 Å². The normalized spacial score (nSPS) is 14.4. The molecule has 0 saturated heterocycles. The zero-order valence-electron chi connectivity index (χ0n) is 18.2. The highest BCUT2D eigenvalue weighted by molar-refractivity contribution is 7.21. The van der Waals surface area contributed by atoms with Crippen molar-refractivity contribution in [2.45, 2.75) is 44.6 Å². The van der Waals surface area contributed by atoms with Gasteiger partial charge in [-0.25, -0.2) is 4.79 Å². The summed E-state index contributed by atoms with van der Waals surface area (Å²) in [5.74, 6) is 0.258. The summed E-state index contributed by atoms with van der Waals surface area (Å²) in [4.78, 5) is 36.6. The van der Waals surface area contributed by atoms with Crippen LogP contribution >= 0.6 is 11.3 Å². The first-order chi connectivity index (χ1) is 15.4. The molecule has 0 unspecified atom stereocenters. The third-order valence-electron chi connectivity index (χ3n) is 6.06. The van der Waals surface area contributed by atoms with Crippen molar-refractivity contribution in [2.75, 3.05) is 14.1 Å². The maximum atomic E-state index is 12.7. The molecular formula is C24H26N2O5S. The maximum Gasteiger partial charge on any atom is 0.512 e. The fourth-order valence-corrected chi connectivity index (χ4v) is 5.64. The smallest absolute Gasteiger partial charge is 0.449 e. The number of thiophene rings is 1. The molecule has 0 radical (unpaired) electrons. The standard InChI is InChI=1S/C24H26N2O5S/c1-25(2)19(28)13-26-18-12-20(31-24(29)30)32-23(18)21(16-6-4-3-5-7-16)22(26)17-10-8-15(14-27)9-11-17/h8-12,14,16H,3-7,13H2,1-2H3,(H,29,30). The van der Waals surface area contributed by atoms with E-state index in [0.29, 0.717) is 16.5 Å². The van der Waals surface area contributed by atoms with E-state index < -0.39 is 6.16 Å². The van der Waals surface area contributed by atoms with Crippen LogP contribution in [0.25, 0.3) is 21.5 Å². The third kappa shape index (κ3) is 4.27. The van der Waals surface area contributed by atoms with E-state index in [1.54, 1.807) is 37.2 Å². The Morgan fingerprint density at radius 1 is 1.19 bits per heavy atom. The van der Waals surface area contributed by atoms with E-state index >= 15 is 0 Å². The van der Waals surface area contributed by atoms with Gasteiger partial charge < -0.3 is 19.3 Å². The van der Waals surface area contributed by atoms with Gasteiger partial charge in [0.2, 0.25) is 5.91 Å². The van der Waals surface area contributed by atoms with Crippen LogP contribution in [-0.4, -0.2) is 47.0 Å². The Hall–Kier alpha value is -3.13. The molecule has 4 rings (SSSR count). The summed E-state index contributed by atoms with van der Waals surface area (Å²) < 4.78 is 7.91. The Labute approximate surface area is 190 Å². The van der Waals surface area contributed by atoms with Gasteiger partial charge in [-0.05, 0) is 29.9 Å². The Bertz CT molecular complexity index is 1150. The Balaban J connectivity index is 1.97. The van der Waals surface area contributed by atoms with E-state index in [1.807, 2.05) is 16.7 Å². The van der Waals surface area contributed by atoms with Gasteiger partial charge in [-0.1, -0.05) is 54.9 Å². The number of benzene rings is 1. The molecule has 168 valence electrons. The summed E-state index contributed by atoms with van der Waals surface area (Å²) in [5.41, 5.74) is 4.45. The highest BCUT2D eigenvalue weighted by atomic mass is 32.1. The van der Waals surface area contributed by atoms with Crippen molar-refractivity contribution in [3.05, 3.63) is 41.5 Å². The second kappa shape index (κ2) is 9.16. The number of hydrogen-bond acceptors (Lipinski definition) is 5. The molecule has 1 amide bonds. The lowest BCUT2D eigenvalue weighted by Crippen LogP contribution is -2.26. The highest BCUT2D eigenvalue weighted by Gasteiger charge is 2.29. The summed E-state index contributed by atoms with van der Waals surface area (Å²) >= 11 is 1.31. The molecular weight excluding hydrogens is 428 g/mol. The van der Waals surface area contributed by atoms with Crippen LogP contribution in [0.1, 0.15) is 53.9 Å². The first-order valence-corrected chi connectivity index (χ1v) is 11.5. The second-order valence-corrected chi connectivity index (χ2v) is 9.37. The number of carbonyl (C=O) groups excluding carboxylic acids is 2. The predicted molar refractivity (Wildman–Crippen MR) is 124 cm³/mol. The van der Waals surface area contributed by atoms with Crippen LogP contribution in [-0.2, 0) is 11.3 Å². The average Bonchev–Trinajstić information content (AvgIpc) is 3.30. The zero-order chi connectivity index (χ0) is 22.8. The number of carbonyl (C=O) groups is 3. The number of rotatable bonds is 6. The molecule has 1 aliphatic rings. The monoisotopic (exact) mass is 454 g/mol. The predicted octanol–water partition coefficient (Wildman–Crippen LogP) is 5.38. The van der Waals surface area contributed by atoms with Crippen molar-refractivity contribution in [3.63, 3.8) is 0 Å². The van der Waals surface area contributed by atoms with Crippen LogP contribution in [0.2, 0.25) is 0 Å². The fourth-order valence-electron chi connectivity index (χ4n) is 4.50. The number of aromatic nitrogens is 1. The summed E-state index contributed by atoms with van der Waals surface area (Å²) in [7, 11) is 3.44. The minimum Gasteiger partial charge on any atom is -0.449 e. The van der Waals surface area contributed by atoms with Gasteiger partial charge in [0.05, 0.1) is 15.9 Å².